The molecule has 1 aliphatic rings. The number of hydrogen-bond donors (Lipinski definition) is 0. The molecular formula is C7H7BrN2O. The molecule has 1 aromatic heterocycles. The van der Waals surface area contributed by atoms with Crippen molar-refractivity contribution in [2.24, 2.45) is 0 Å². The number of nitrogens with zero attached hydrogens (tertiary/aromatic N) is 2. The molecule has 1 aromatic rings. The molecule has 3 nitrogen and oxygen atoms in total. The zero-order valence-electron chi connectivity index (χ0n) is 5.83. The molecule has 0 radical (unpaired) electrons. The van der Waals surface area contributed by atoms with Crippen LogP contribution in [0.3, 0.4) is 0 Å². The third kappa shape index (κ3) is 1.22. The van der Waals surface area contributed by atoms with Gasteiger partial charge >= 0.3 is 0 Å². The highest BCUT2D eigenvalue weighted by Gasteiger charge is 2.25. The van der Waals surface area contributed by atoms with Crippen LogP contribution in [-0.4, -0.2) is 16.1 Å². The van der Waals surface area contributed by atoms with Crippen LogP contribution in [0.1, 0.15) is 29.4 Å². The van der Waals surface area contributed by atoms with E-state index < -0.39 is 0 Å². The van der Waals surface area contributed by atoms with E-state index in [1.165, 1.54) is 12.8 Å². The van der Waals surface area contributed by atoms with Gasteiger partial charge in [0.1, 0.15) is 5.69 Å². The summed E-state index contributed by atoms with van der Waals surface area (Å²) >= 11 is 3.26. The summed E-state index contributed by atoms with van der Waals surface area (Å²) in [4.78, 5) is 10.4. The lowest BCUT2D eigenvalue weighted by molar-refractivity contribution is 0.111. The van der Waals surface area contributed by atoms with Crippen molar-refractivity contribution < 1.29 is 4.79 Å². The Kier molecular flexibility index (Phi) is 1.56. The number of aldehydes is 1. The van der Waals surface area contributed by atoms with Gasteiger partial charge in [0.25, 0.3) is 0 Å². The first-order valence-corrected chi connectivity index (χ1v) is 4.30. The van der Waals surface area contributed by atoms with Gasteiger partial charge in [-0.15, -0.1) is 0 Å². The van der Waals surface area contributed by atoms with E-state index in [2.05, 4.69) is 21.0 Å². The van der Waals surface area contributed by atoms with Gasteiger partial charge in [0, 0.05) is 6.20 Å². The fourth-order valence-corrected chi connectivity index (χ4v) is 1.37. The Morgan fingerprint density at radius 1 is 1.73 bits per heavy atom. The zero-order chi connectivity index (χ0) is 7.84. The molecule has 0 bridgehead atoms. The Hall–Kier alpha value is -0.640. The number of rotatable bonds is 2. The first kappa shape index (κ1) is 7.03. The summed E-state index contributed by atoms with van der Waals surface area (Å²) in [6.45, 7) is 0. The van der Waals surface area contributed by atoms with Crippen molar-refractivity contribution in [3.8, 4) is 0 Å². The number of carbonyl (C=O) groups is 1. The molecule has 2 rings (SSSR count). The van der Waals surface area contributed by atoms with Gasteiger partial charge in [-0.05, 0) is 28.8 Å². The molecule has 0 amide bonds. The van der Waals surface area contributed by atoms with Gasteiger partial charge in [0.05, 0.1) is 10.5 Å². The van der Waals surface area contributed by atoms with E-state index in [4.69, 9.17) is 0 Å². The van der Waals surface area contributed by atoms with Crippen LogP contribution in [0.5, 0.6) is 0 Å². The maximum Gasteiger partial charge on any atom is 0.171 e. The minimum absolute atomic E-state index is 0.497. The molecular weight excluding hydrogens is 208 g/mol. The van der Waals surface area contributed by atoms with E-state index in [-0.39, 0.29) is 0 Å². The lowest BCUT2D eigenvalue weighted by Gasteiger charge is -1.91. The topological polar surface area (TPSA) is 34.9 Å². The fourth-order valence-electron chi connectivity index (χ4n) is 0.989. The predicted molar refractivity (Wildman–Crippen MR) is 43.6 cm³/mol. The lowest BCUT2D eigenvalue weighted by atomic mass is 10.5. The van der Waals surface area contributed by atoms with E-state index in [1.54, 1.807) is 0 Å². The van der Waals surface area contributed by atoms with Crippen LogP contribution in [0, 0.1) is 0 Å². The van der Waals surface area contributed by atoms with Crippen LogP contribution in [0.15, 0.2) is 10.7 Å². The molecule has 0 saturated heterocycles. The normalized spacial score (nSPS) is 16.8. The van der Waals surface area contributed by atoms with Crippen LogP contribution >= 0.6 is 15.9 Å². The minimum atomic E-state index is 0.497. The van der Waals surface area contributed by atoms with Crippen molar-refractivity contribution in [2.75, 3.05) is 0 Å². The molecule has 4 heteroatoms. The van der Waals surface area contributed by atoms with E-state index in [1.807, 2.05) is 10.9 Å². The molecule has 58 valence electrons. The molecule has 1 fully saturated rings. The van der Waals surface area contributed by atoms with Crippen LogP contribution in [0.25, 0.3) is 0 Å². The molecule has 0 spiro atoms. The molecule has 0 aromatic carbocycles. The molecule has 1 aliphatic carbocycles. The van der Waals surface area contributed by atoms with Crippen molar-refractivity contribution in [1.29, 1.82) is 0 Å². The zero-order valence-corrected chi connectivity index (χ0v) is 7.41. The summed E-state index contributed by atoms with van der Waals surface area (Å²) in [5, 5.41) is 4.09. The van der Waals surface area contributed by atoms with Crippen LogP contribution in [0.4, 0.5) is 0 Å². The smallest absolute Gasteiger partial charge is 0.171 e. The number of hydrogen-bond acceptors (Lipinski definition) is 2. The highest BCUT2D eigenvalue weighted by Crippen LogP contribution is 2.35. The van der Waals surface area contributed by atoms with E-state index in [9.17, 15) is 4.79 Å². The number of aromatic nitrogens is 2. The van der Waals surface area contributed by atoms with Gasteiger partial charge in [-0.3, -0.25) is 9.48 Å². The van der Waals surface area contributed by atoms with Gasteiger partial charge in [0.2, 0.25) is 0 Å². The van der Waals surface area contributed by atoms with Crippen LogP contribution in [0.2, 0.25) is 0 Å². The largest absolute Gasteiger partial charge is 0.296 e. The van der Waals surface area contributed by atoms with E-state index >= 15 is 0 Å². The third-order valence-corrected chi connectivity index (χ3v) is 2.36. The van der Waals surface area contributed by atoms with Gasteiger partial charge < -0.3 is 0 Å². The maximum absolute atomic E-state index is 10.4. The standard InChI is InChI=1S/C7H7BrN2O/c8-6-3-10(5-1-2-5)9-7(6)4-11/h3-5H,1-2H2. The minimum Gasteiger partial charge on any atom is -0.296 e. The van der Waals surface area contributed by atoms with Gasteiger partial charge in [-0.1, -0.05) is 0 Å². The van der Waals surface area contributed by atoms with Gasteiger partial charge in [0.15, 0.2) is 6.29 Å². The fraction of sp³-hybridized carbons (Fsp3) is 0.429. The summed E-state index contributed by atoms with van der Waals surface area (Å²) in [6, 6.07) is 0.542. The molecule has 0 N–H and O–H groups in total. The second kappa shape index (κ2) is 2.44. The number of halogens is 1. The quantitative estimate of drug-likeness (QED) is 0.705. The molecule has 0 aliphatic heterocycles. The van der Waals surface area contributed by atoms with Gasteiger partial charge in [-0.25, -0.2) is 0 Å². The predicted octanol–water partition coefficient (Wildman–Crippen LogP) is 1.79. The first-order chi connectivity index (χ1) is 5.31. The monoisotopic (exact) mass is 214 g/mol. The summed E-state index contributed by atoms with van der Waals surface area (Å²) in [5.41, 5.74) is 0.497. The molecule has 11 heavy (non-hydrogen) atoms. The van der Waals surface area contributed by atoms with Crippen LogP contribution in [-0.2, 0) is 0 Å². The highest BCUT2D eigenvalue weighted by molar-refractivity contribution is 9.10. The van der Waals surface area contributed by atoms with Crippen molar-refractivity contribution in [3.05, 3.63) is 16.4 Å². The van der Waals surface area contributed by atoms with E-state index in [0.717, 1.165) is 10.8 Å². The second-order valence-corrected chi connectivity index (χ2v) is 3.55. The van der Waals surface area contributed by atoms with Crippen molar-refractivity contribution >= 4 is 22.2 Å². The Morgan fingerprint density at radius 2 is 2.45 bits per heavy atom. The second-order valence-electron chi connectivity index (χ2n) is 2.69. The third-order valence-electron chi connectivity index (χ3n) is 1.75. The summed E-state index contributed by atoms with van der Waals surface area (Å²) in [5.74, 6) is 0. The van der Waals surface area contributed by atoms with Crippen molar-refractivity contribution in [3.63, 3.8) is 0 Å². The van der Waals surface area contributed by atoms with Crippen molar-refractivity contribution in [1.82, 2.24) is 9.78 Å². The summed E-state index contributed by atoms with van der Waals surface area (Å²) < 4.78 is 2.65. The SMILES string of the molecule is O=Cc1nn(C2CC2)cc1Br. The molecule has 1 heterocycles. The average molecular weight is 215 g/mol. The Labute approximate surface area is 72.5 Å². The Morgan fingerprint density at radius 3 is 2.91 bits per heavy atom. The van der Waals surface area contributed by atoms with Crippen molar-refractivity contribution in [2.45, 2.75) is 18.9 Å². The molecule has 0 atom stereocenters. The Balaban J connectivity index is 2.35. The van der Waals surface area contributed by atoms with E-state index in [0.29, 0.717) is 11.7 Å². The Bertz CT molecular complexity index is 291. The maximum atomic E-state index is 10.4. The summed E-state index contributed by atoms with van der Waals surface area (Å²) in [7, 11) is 0. The number of carbonyl (C=O) groups excluding carboxylic acids is 1. The first-order valence-electron chi connectivity index (χ1n) is 3.51. The molecule has 0 unspecified atom stereocenters. The lowest BCUT2D eigenvalue weighted by Crippen LogP contribution is -1.94. The summed E-state index contributed by atoms with van der Waals surface area (Å²) in [6.07, 6.45) is 5.00. The highest BCUT2D eigenvalue weighted by atomic mass is 79.9. The van der Waals surface area contributed by atoms with Crippen LogP contribution < -0.4 is 0 Å². The average Bonchev–Trinajstić information content (AvgIpc) is 2.76. The molecule has 1 saturated carbocycles. The van der Waals surface area contributed by atoms with Gasteiger partial charge in [-0.2, -0.15) is 5.10 Å².